The zero-order valence-corrected chi connectivity index (χ0v) is 12.4. The third kappa shape index (κ3) is 3.94. The van der Waals surface area contributed by atoms with Gasteiger partial charge in [-0.2, -0.15) is 0 Å². The van der Waals surface area contributed by atoms with E-state index in [-0.39, 0.29) is 11.9 Å². The molecule has 21 heavy (non-hydrogen) atoms. The summed E-state index contributed by atoms with van der Waals surface area (Å²) in [6.45, 7) is 2.54. The van der Waals surface area contributed by atoms with Gasteiger partial charge in [0.2, 0.25) is 0 Å². The van der Waals surface area contributed by atoms with E-state index in [1.54, 1.807) is 6.07 Å². The van der Waals surface area contributed by atoms with Crippen LogP contribution in [0.3, 0.4) is 0 Å². The highest BCUT2D eigenvalue weighted by Gasteiger charge is 2.24. The van der Waals surface area contributed by atoms with Crippen molar-refractivity contribution < 1.29 is 14.3 Å². The fourth-order valence-corrected chi connectivity index (χ4v) is 3.02. The first-order valence-electron chi connectivity index (χ1n) is 7.53. The second-order valence-corrected chi connectivity index (χ2v) is 5.59. The summed E-state index contributed by atoms with van der Waals surface area (Å²) in [4.78, 5) is 0. The number of hydrogen-bond donors (Lipinski definition) is 2. The lowest BCUT2D eigenvalue weighted by Crippen LogP contribution is -2.27. The van der Waals surface area contributed by atoms with Gasteiger partial charge in [-0.1, -0.05) is 37.4 Å². The maximum atomic E-state index is 13.3. The Morgan fingerprint density at radius 1 is 1.43 bits per heavy atom. The van der Waals surface area contributed by atoms with Gasteiger partial charge < -0.3 is 15.7 Å². The smallest absolute Gasteiger partial charge is 0.170 e. The van der Waals surface area contributed by atoms with Gasteiger partial charge in [-0.3, -0.25) is 0 Å². The van der Waals surface area contributed by atoms with Crippen molar-refractivity contribution in [1.29, 1.82) is 0 Å². The van der Waals surface area contributed by atoms with Gasteiger partial charge in [0.05, 0.1) is 12.7 Å². The number of oxime groups is 1. The number of ether oxygens (including phenoxy) is 1. The Balaban J connectivity index is 2.09. The molecule has 0 heterocycles. The van der Waals surface area contributed by atoms with E-state index in [9.17, 15) is 4.39 Å². The Hall–Kier alpha value is -1.62. The number of amidine groups is 1. The van der Waals surface area contributed by atoms with Gasteiger partial charge in [-0.05, 0) is 36.5 Å². The van der Waals surface area contributed by atoms with E-state index < -0.39 is 5.82 Å². The minimum atomic E-state index is -0.413. The van der Waals surface area contributed by atoms with Crippen LogP contribution < -0.4 is 5.73 Å². The zero-order valence-electron chi connectivity index (χ0n) is 12.4. The van der Waals surface area contributed by atoms with Crippen molar-refractivity contribution in [1.82, 2.24) is 0 Å². The first kappa shape index (κ1) is 15.8. The van der Waals surface area contributed by atoms with E-state index in [1.165, 1.54) is 31.4 Å². The van der Waals surface area contributed by atoms with Crippen LogP contribution in [-0.4, -0.2) is 17.1 Å². The molecule has 2 rings (SSSR count). The summed E-state index contributed by atoms with van der Waals surface area (Å²) in [5.74, 6) is 0.0831. The molecule has 116 valence electrons. The lowest BCUT2D eigenvalue weighted by atomic mass is 9.85. The molecule has 1 aliphatic rings. The van der Waals surface area contributed by atoms with Crippen molar-refractivity contribution in [3.8, 4) is 0 Å². The molecule has 0 saturated heterocycles. The molecule has 1 saturated carbocycles. The molecule has 0 aromatic heterocycles. The molecule has 0 aliphatic heterocycles. The molecule has 2 atom stereocenters. The number of nitrogens with zero attached hydrogens (tertiary/aromatic N) is 1. The van der Waals surface area contributed by atoms with Crippen LogP contribution in [0.2, 0.25) is 0 Å². The number of halogens is 1. The molecule has 0 bridgehead atoms. The van der Waals surface area contributed by atoms with Crippen LogP contribution in [-0.2, 0) is 11.3 Å². The predicted molar refractivity (Wildman–Crippen MR) is 79.7 cm³/mol. The lowest BCUT2D eigenvalue weighted by molar-refractivity contribution is -0.0222. The number of rotatable bonds is 5. The molecule has 0 amide bonds. The topological polar surface area (TPSA) is 67.8 Å². The van der Waals surface area contributed by atoms with Crippen molar-refractivity contribution in [2.45, 2.75) is 51.7 Å². The van der Waals surface area contributed by atoms with Gasteiger partial charge in [0.15, 0.2) is 5.84 Å². The van der Waals surface area contributed by atoms with E-state index in [0.717, 1.165) is 18.4 Å². The molecule has 0 radical (unpaired) electrons. The molecular formula is C16H23FN2O2. The summed E-state index contributed by atoms with van der Waals surface area (Å²) < 4.78 is 19.4. The minimum absolute atomic E-state index is 0.0937. The summed E-state index contributed by atoms with van der Waals surface area (Å²) in [7, 11) is 0. The fraction of sp³-hybridized carbons (Fsp3) is 0.562. The first-order chi connectivity index (χ1) is 10.2. The predicted octanol–water partition coefficient (Wildman–Crippen LogP) is 3.41. The highest BCUT2D eigenvalue weighted by atomic mass is 19.1. The summed E-state index contributed by atoms with van der Waals surface area (Å²) in [5, 5.41) is 11.8. The lowest BCUT2D eigenvalue weighted by Gasteiger charge is -2.31. The molecule has 1 fully saturated rings. The number of hydrogen-bond acceptors (Lipinski definition) is 3. The second kappa shape index (κ2) is 7.41. The highest BCUT2D eigenvalue weighted by Crippen LogP contribution is 2.30. The van der Waals surface area contributed by atoms with Gasteiger partial charge in [-0.25, -0.2) is 4.39 Å². The maximum absolute atomic E-state index is 13.3. The van der Waals surface area contributed by atoms with E-state index in [1.807, 2.05) is 0 Å². The third-order valence-corrected chi connectivity index (χ3v) is 4.27. The summed E-state index contributed by atoms with van der Waals surface area (Å²) in [5.41, 5.74) is 6.74. The van der Waals surface area contributed by atoms with E-state index >= 15 is 0 Å². The van der Waals surface area contributed by atoms with E-state index in [2.05, 4.69) is 12.1 Å². The van der Waals surface area contributed by atoms with Crippen LogP contribution in [0.1, 0.15) is 50.2 Å². The molecule has 5 heteroatoms. The van der Waals surface area contributed by atoms with Gasteiger partial charge in [0.25, 0.3) is 0 Å². The molecule has 1 aliphatic carbocycles. The third-order valence-electron chi connectivity index (χ3n) is 4.27. The first-order valence-corrected chi connectivity index (χ1v) is 7.53. The summed E-state index contributed by atoms with van der Waals surface area (Å²) in [6.07, 6.45) is 6.09. The van der Waals surface area contributed by atoms with Crippen molar-refractivity contribution in [3.63, 3.8) is 0 Å². The van der Waals surface area contributed by atoms with Crippen LogP contribution >= 0.6 is 0 Å². The zero-order chi connectivity index (χ0) is 15.2. The fourth-order valence-electron chi connectivity index (χ4n) is 3.02. The molecular weight excluding hydrogens is 271 g/mol. The summed E-state index contributed by atoms with van der Waals surface area (Å²) >= 11 is 0. The average molecular weight is 294 g/mol. The molecule has 1 aromatic rings. The molecule has 2 unspecified atom stereocenters. The number of benzene rings is 1. The molecule has 1 aromatic carbocycles. The Bertz CT molecular complexity index is 505. The SMILES string of the molecule is CCC1CCCCC1OCc1ccc(F)cc1C(N)=NO. The van der Waals surface area contributed by atoms with Crippen molar-refractivity contribution in [2.24, 2.45) is 16.8 Å². The Morgan fingerprint density at radius 2 is 2.19 bits per heavy atom. The quantitative estimate of drug-likeness (QED) is 0.378. The van der Waals surface area contributed by atoms with Gasteiger partial charge in [0, 0.05) is 5.56 Å². The van der Waals surface area contributed by atoms with Crippen LogP contribution in [0.15, 0.2) is 23.4 Å². The normalized spacial score (nSPS) is 23.2. The van der Waals surface area contributed by atoms with Crippen LogP contribution in [0, 0.1) is 11.7 Å². The monoisotopic (exact) mass is 294 g/mol. The largest absolute Gasteiger partial charge is 0.409 e. The molecule has 0 spiro atoms. The van der Waals surface area contributed by atoms with Crippen LogP contribution in [0.25, 0.3) is 0 Å². The molecule has 4 nitrogen and oxygen atoms in total. The van der Waals surface area contributed by atoms with Gasteiger partial charge in [-0.15, -0.1) is 0 Å². The Morgan fingerprint density at radius 3 is 2.90 bits per heavy atom. The van der Waals surface area contributed by atoms with E-state index in [4.69, 9.17) is 15.7 Å². The highest BCUT2D eigenvalue weighted by molar-refractivity contribution is 5.98. The molecule has 3 N–H and O–H groups in total. The Labute approximate surface area is 124 Å². The summed E-state index contributed by atoms with van der Waals surface area (Å²) in [6, 6.07) is 4.27. The van der Waals surface area contributed by atoms with Crippen molar-refractivity contribution >= 4 is 5.84 Å². The number of nitrogens with two attached hydrogens (primary N) is 1. The van der Waals surface area contributed by atoms with Crippen LogP contribution in [0.4, 0.5) is 4.39 Å². The van der Waals surface area contributed by atoms with Gasteiger partial charge in [0.1, 0.15) is 5.82 Å². The average Bonchev–Trinajstić information content (AvgIpc) is 2.53. The van der Waals surface area contributed by atoms with Gasteiger partial charge >= 0.3 is 0 Å². The Kier molecular flexibility index (Phi) is 5.56. The van der Waals surface area contributed by atoms with Crippen LogP contribution in [0.5, 0.6) is 0 Å². The standard InChI is InChI=1S/C16H23FN2O2/c1-2-11-5-3-4-6-15(11)21-10-12-7-8-13(17)9-14(12)16(18)19-20/h7-9,11,15,20H,2-6,10H2,1H3,(H2,18,19). The second-order valence-electron chi connectivity index (χ2n) is 5.59. The van der Waals surface area contributed by atoms with E-state index in [0.29, 0.717) is 18.1 Å². The van der Waals surface area contributed by atoms with Crippen molar-refractivity contribution in [2.75, 3.05) is 0 Å². The van der Waals surface area contributed by atoms with Crippen molar-refractivity contribution in [3.05, 3.63) is 35.1 Å². The minimum Gasteiger partial charge on any atom is -0.409 e. The maximum Gasteiger partial charge on any atom is 0.170 e.